The number of benzene rings is 1. The maximum atomic E-state index is 12.5. The highest BCUT2D eigenvalue weighted by atomic mass is 35.5. The molecular formula is C12H6Cl2F3N. The van der Waals surface area contributed by atoms with Crippen LogP contribution in [0.25, 0.3) is 11.3 Å². The molecule has 0 aliphatic heterocycles. The Kier molecular flexibility index (Phi) is 3.50. The molecule has 0 N–H and O–H groups in total. The molecule has 0 unspecified atom stereocenters. The Balaban J connectivity index is 2.55. The number of hydrogen-bond acceptors (Lipinski definition) is 1. The van der Waals surface area contributed by atoms with Gasteiger partial charge in [-0.25, -0.2) is 4.98 Å². The molecule has 0 aliphatic rings. The minimum atomic E-state index is -4.49. The van der Waals surface area contributed by atoms with Crippen LogP contribution in [0.1, 0.15) is 5.69 Å². The summed E-state index contributed by atoms with van der Waals surface area (Å²) >= 11 is 11.7. The predicted octanol–water partition coefficient (Wildman–Crippen LogP) is 5.07. The predicted molar refractivity (Wildman–Crippen MR) is 64.7 cm³/mol. The second-order valence-corrected chi connectivity index (χ2v) is 4.37. The third-order valence-corrected chi connectivity index (χ3v) is 2.81. The van der Waals surface area contributed by atoms with Crippen molar-refractivity contribution < 1.29 is 13.2 Å². The van der Waals surface area contributed by atoms with Crippen molar-refractivity contribution >= 4 is 23.2 Å². The van der Waals surface area contributed by atoms with Gasteiger partial charge in [0.2, 0.25) is 0 Å². The lowest BCUT2D eigenvalue weighted by Crippen LogP contribution is -2.08. The second kappa shape index (κ2) is 4.78. The van der Waals surface area contributed by atoms with Crippen molar-refractivity contribution in [1.82, 2.24) is 4.98 Å². The molecule has 6 heteroatoms. The molecule has 94 valence electrons. The number of rotatable bonds is 1. The quantitative estimate of drug-likeness (QED) is 0.714. The van der Waals surface area contributed by atoms with Crippen LogP contribution in [0, 0.1) is 0 Å². The van der Waals surface area contributed by atoms with Crippen LogP contribution in [0.2, 0.25) is 10.0 Å². The topological polar surface area (TPSA) is 12.9 Å². The minimum absolute atomic E-state index is 0.136. The molecule has 0 fully saturated rings. The monoisotopic (exact) mass is 291 g/mol. The van der Waals surface area contributed by atoms with Gasteiger partial charge in [-0.3, -0.25) is 0 Å². The number of halogens is 5. The maximum absolute atomic E-state index is 12.5. The Bertz CT molecular complexity index is 582. The Hall–Kier alpha value is -1.26. The van der Waals surface area contributed by atoms with Gasteiger partial charge >= 0.3 is 6.18 Å². The summed E-state index contributed by atoms with van der Waals surface area (Å²) in [5, 5.41) is 0.680. The van der Waals surface area contributed by atoms with Gasteiger partial charge in [-0.05, 0) is 30.3 Å². The fourth-order valence-corrected chi connectivity index (χ4v) is 1.82. The van der Waals surface area contributed by atoms with Crippen molar-refractivity contribution in [2.45, 2.75) is 6.18 Å². The Morgan fingerprint density at radius 3 is 2.39 bits per heavy atom. The highest BCUT2D eigenvalue weighted by Gasteiger charge is 2.32. The van der Waals surface area contributed by atoms with E-state index in [4.69, 9.17) is 23.2 Å². The molecule has 18 heavy (non-hydrogen) atoms. The van der Waals surface area contributed by atoms with Gasteiger partial charge in [-0.2, -0.15) is 13.2 Å². The molecule has 0 amide bonds. The fourth-order valence-electron chi connectivity index (χ4n) is 1.44. The Labute approximate surface area is 111 Å². The molecule has 1 nitrogen and oxygen atoms in total. The van der Waals surface area contributed by atoms with Crippen molar-refractivity contribution in [2.75, 3.05) is 0 Å². The van der Waals surface area contributed by atoms with E-state index in [1.165, 1.54) is 24.3 Å². The van der Waals surface area contributed by atoms with Crippen LogP contribution < -0.4 is 0 Å². The van der Waals surface area contributed by atoms with Gasteiger partial charge < -0.3 is 0 Å². The molecule has 1 aromatic carbocycles. The molecule has 1 aromatic heterocycles. The number of nitrogens with zero attached hydrogens (tertiary/aromatic N) is 1. The first-order chi connectivity index (χ1) is 8.38. The lowest BCUT2D eigenvalue weighted by Gasteiger charge is -2.09. The van der Waals surface area contributed by atoms with Gasteiger partial charge in [0.15, 0.2) is 0 Å². The summed E-state index contributed by atoms with van der Waals surface area (Å²) in [6, 6.07) is 8.19. The zero-order valence-corrected chi connectivity index (χ0v) is 10.3. The van der Waals surface area contributed by atoms with Crippen molar-refractivity contribution in [1.29, 1.82) is 0 Å². The van der Waals surface area contributed by atoms with Crippen molar-refractivity contribution in [3.05, 3.63) is 52.1 Å². The lowest BCUT2D eigenvalue weighted by molar-refractivity contribution is -0.141. The van der Waals surface area contributed by atoms with Crippen molar-refractivity contribution in [3.63, 3.8) is 0 Å². The number of aromatic nitrogens is 1. The third kappa shape index (κ3) is 2.76. The average Bonchev–Trinajstić information content (AvgIpc) is 2.31. The van der Waals surface area contributed by atoms with E-state index in [-0.39, 0.29) is 5.69 Å². The standard InChI is InChI=1S/C12H6Cl2F3N/c13-7-4-5-9(14)8(6-7)10-2-1-3-11(18-10)12(15,16)17/h1-6H. The Morgan fingerprint density at radius 2 is 1.72 bits per heavy atom. The molecule has 2 rings (SSSR count). The van der Waals surface area contributed by atoms with Gasteiger partial charge in [0.25, 0.3) is 0 Å². The van der Waals surface area contributed by atoms with Crippen LogP contribution in [0.4, 0.5) is 13.2 Å². The summed E-state index contributed by atoms with van der Waals surface area (Å²) in [5.41, 5.74) is -0.455. The van der Waals surface area contributed by atoms with Crippen LogP contribution in [-0.4, -0.2) is 4.98 Å². The van der Waals surface area contributed by atoms with Crippen LogP contribution in [0.15, 0.2) is 36.4 Å². The first kappa shape index (κ1) is 13.2. The highest BCUT2D eigenvalue weighted by molar-refractivity contribution is 6.35. The van der Waals surface area contributed by atoms with Crippen LogP contribution in [-0.2, 0) is 6.18 Å². The molecule has 0 saturated carbocycles. The lowest BCUT2D eigenvalue weighted by atomic mass is 10.1. The zero-order valence-electron chi connectivity index (χ0n) is 8.80. The van der Waals surface area contributed by atoms with E-state index < -0.39 is 11.9 Å². The molecule has 0 radical (unpaired) electrons. The minimum Gasteiger partial charge on any atom is -0.243 e. The summed E-state index contributed by atoms with van der Waals surface area (Å²) in [4.78, 5) is 3.55. The largest absolute Gasteiger partial charge is 0.433 e. The van der Waals surface area contributed by atoms with Gasteiger partial charge in [-0.1, -0.05) is 29.3 Å². The van der Waals surface area contributed by atoms with Gasteiger partial charge in [0.1, 0.15) is 5.69 Å². The molecule has 2 aromatic rings. The van der Waals surface area contributed by atoms with E-state index in [0.29, 0.717) is 15.6 Å². The van der Waals surface area contributed by atoms with Crippen LogP contribution in [0.3, 0.4) is 0 Å². The van der Waals surface area contributed by atoms with E-state index in [0.717, 1.165) is 6.07 Å². The summed E-state index contributed by atoms with van der Waals surface area (Å²) in [6.07, 6.45) is -4.49. The average molecular weight is 292 g/mol. The maximum Gasteiger partial charge on any atom is 0.433 e. The molecule has 0 spiro atoms. The van der Waals surface area contributed by atoms with E-state index in [1.807, 2.05) is 0 Å². The van der Waals surface area contributed by atoms with Crippen molar-refractivity contribution in [2.24, 2.45) is 0 Å². The SMILES string of the molecule is FC(F)(F)c1cccc(-c2cc(Cl)ccc2Cl)n1. The molecule has 0 atom stereocenters. The van der Waals surface area contributed by atoms with Gasteiger partial charge in [0, 0.05) is 10.6 Å². The number of pyridine rings is 1. The smallest absolute Gasteiger partial charge is 0.243 e. The summed E-state index contributed by atoms with van der Waals surface area (Å²) in [6.45, 7) is 0. The van der Waals surface area contributed by atoms with E-state index in [9.17, 15) is 13.2 Å². The molecule has 0 saturated heterocycles. The summed E-state index contributed by atoms with van der Waals surface area (Å²) in [5.74, 6) is 0. The first-order valence-electron chi connectivity index (χ1n) is 4.87. The summed E-state index contributed by atoms with van der Waals surface area (Å²) in [7, 11) is 0. The second-order valence-electron chi connectivity index (χ2n) is 3.53. The van der Waals surface area contributed by atoms with Gasteiger partial charge in [-0.15, -0.1) is 0 Å². The number of alkyl halides is 3. The molecule has 0 aliphatic carbocycles. The summed E-state index contributed by atoms with van der Waals surface area (Å²) < 4.78 is 37.6. The van der Waals surface area contributed by atoms with E-state index in [1.54, 1.807) is 6.07 Å². The fraction of sp³-hybridized carbons (Fsp3) is 0.0833. The van der Waals surface area contributed by atoms with Gasteiger partial charge in [0.05, 0.1) is 10.7 Å². The third-order valence-electron chi connectivity index (χ3n) is 2.24. The normalized spacial score (nSPS) is 11.6. The van der Waals surface area contributed by atoms with Crippen LogP contribution >= 0.6 is 23.2 Å². The van der Waals surface area contributed by atoms with E-state index >= 15 is 0 Å². The Morgan fingerprint density at radius 1 is 1.00 bits per heavy atom. The molecule has 1 heterocycles. The number of hydrogen-bond donors (Lipinski definition) is 0. The van der Waals surface area contributed by atoms with Crippen LogP contribution in [0.5, 0.6) is 0 Å². The molecule has 0 bridgehead atoms. The first-order valence-corrected chi connectivity index (χ1v) is 5.63. The van der Waals surface area contributed by atoms with E-state index in [2.05, 4.69) is 4.98 Å². The zero-order chi connectivity index (χ0) is 13.3. The molecular weight excluding hydrogens is 286 g/mol. The van der Waals surface area contributed by atoms with Crippen molar-refractivity contribution in [3.8, 4) is 11.3 Å². The highest BCUT2D eigenvalue weighted by Crippen LogP contribution is 2.32.